The zero-order chi connectivity index (χ0) is 8.43. The van der Waals surface area contributed by atoms with E-state index in [1.54, 1.807) is 0 Å². The Kier molecular flexibility index (Phi) is 1.98. The normalized spacial score (nSPS) is 9.73. The third kappa shape index (κ3) is 1.61. The molecule has 1 rings (SSSR count). The summed E-state index contributed by atoms with van der Waals surface area (Å²) < 4.78 is 25.2. The lowest BCUT2D eigenvalue weighted by molar-refractivity contribution is 0.598. The lowest BCUT2D eigenvalue weighted by Crippen LogP contribution is -1.97. The SMILES string of the molecule is CC(=N)c1cc(F)ccc1F. The summed E-state index contributed by atoms with van der Waals surface area (Å²) >= 11 is 0. The second-order valence-corrected chi connectivity index (χ2v) is 2.25. The van der Waals surface area contributed by atoms with Gasteiger partial charge in [-0.3, -0.25) is 0 Å². The average molecular weight is 155 g/mol. The lowest BCUT2D eigenvalue weighted by atomic mass is 10.1. The van der Waals surface area contributed by atoms with E-state index in [1.807, 2.05) is 0 Å². The first kappa shape index (κ1) is 7.85. The van der Waals surface area contributed by atoms with Gasteiger partial charge in [0.05, 0.1) is 0 Å². The zero-order valence-corrected chi connectivity index (χ0v) is 5.99. The molecule has 11 heavy (non-hydrogen) atoms. The molecule has 0 aliphatic carbocycles. The Bertz CT molecular complexity index is 294. The van der Waals surface area contributed by atoms with Crippen LogP contribution in [0.3, 0.4) is 0 Å². The fraction of sp³-hybridized carbons (Fsp3) is 0.125. The molecule has 0 radical (unpaired) electrons. The van der Waals surface area contributed by atoms with Gasteiger partial charge in [-0.15, -0.1) is 0 Å². The Labute approximate surface area is 63.2 Å². The third-order valence-corrected chi connectivity index (χ3v) is 1.33. The van der Waals surface area contributed by atoms with Crippen molar-refractivity contribution in [1.29, 1.82) is 5.41 Å². The number of hydrogen-bond donors (Lipinski definition) is 1. The lowest BCUT2D eigenvalue weighted by Gasteiger charge is -1.98. The largest absolute Gasteiger partial charge is 0.305 e. The van der Waals surface area contributed by atoms with Crippen molar-refractivity contribution in [2.24, 2.45) is 0 Å². The molecule has 0 aromatic heterocycles. The van der Waals surface area contributed by atoms with Gasteiger partial charge >= 0.3 is 0 Å². The second kappa shape index (κ2) is 2.78. The van der Waals surface area contributed by atoms with Crippen LogP contribution in [0.4, 0.5) is 8.78 Å². The van der Waals surface area contributed by atoms with Gasteiger partial charge in [-0.1, -0.05) is 0 Å². The van der Waals surface area contributed by atoms with E-state index in [1.165, 1.54) is 6.92 Å². The number of rotatable bonds is 1. The van der Waals surface area contributed by atoms with E-state index in [9.17, 15) is 8.78 Å². The molecule has 0 aliphatic heterocycles. The molecule has 0 fully saturated rings. The van der Waals surface area contributed by atoms with E-state index < -0.39 is 11.6 Å². The highest BCUT2D eigenvalue weighted by Gasteiger charge is 2.04. The van der Waals surface area contributed by atoms with Gasteiger partial charge in [-0.05, 0) is 25.1 Å². The minimum atomic E-state index is -0.557. The van der Waals surface area contributed by atoms with Gasteiger partial charge in [0.1, 0.15) is 11.6 Å². The van der Waals surface area contributed by atoms with E-state index in [-0.39, 0.29) is 11.3 Å². The second-order valence-electron chi connectivity index (χ2n) is 2.25. The Balaban J connectivity index is 3.23. The predicted molar refractivity (Wildman–Crippen MR) is 38.9 cm³/mol. The van der Waals surface area contributed by atoms with Gasteiger partial charge in [0.25, 0.3) is 0 Å². The molecule has 1 nitrogen and oxygen atoms in total. The first-order valence-electron chi connectivity index (χ1n) is 3.12. The smallest absolute Gasteiger partial charge is 0.132 e. The molecule has 1 aromatic carbocycles. The van der Waals surface area contributed by atoms with Crippen LogP contribution in [0.1, 0.15) is 12.5 Å². The maximum Gasteiger partial charge on any atom is 0.132 e. The van der Waals surface area contributed by atoms with Gasteiger partial charge < -0.3 is 5.41 Å². The molecule has 58 valence electrons. The summed E-state index contributed by atoms with van der Waals surface area (Å²) in [6.45, 7) is 1.41. The molecule has 0 bridgehead atoms. The molecule has 0 spiro atoms. The number of halogens is 2. The zero-order valence-electron chi connectivity index (χ0n) is 5.99. The summed E-state index contributed by atoms with van der Waals surface area (Å²) in [5, 5.41) is 7.07. The van der Waals surface area contributed by atoms with Crippen molar-refractivity contribution in [2.75, 3.05) is 0 Å². The summed E-state index contributed by atoms with van der Waals surface area (Å²) in [4.78, 5) is 0. The van der Waals surface area contributed by atoms with Gasteiger partial charge in [0, 0.05) is 11.3 Å². The predicted octanol–water partition coefficient (Wildman–Crippen LogP) is 2.35. The van der Waals surface area contributed by atoms with Gasteiger partial charge in [0.2, 0.25) is 0 Å². The molecule has 3 heteroatoms. The number of nitrogens with one attached hydrogen (secondary N) is 1. The standard InChI is InChI=1S/C8H7F2N/c1-5(11)7-4-6(9)2-3-8(7)10/h2-4,11H,1H3. The summed E-state index contributed by atoms with van der Waals surface area (Å²) in [6.07, 6.45) is 0. The number of benzene rings is 1. The van der Waals surface area contributed by atoms with Crippen LogP contribution in [-0.2, 0) is 0 Å². The van der Waals surface area contributed by atoms with Crippen molar-refractivity contribution in [1.82, 2.24) is 0 Å². The molecule has 0 atom stereocenters. The van der Waals surface area contributed by atoms with E-state index in [0.717, 1.165) is 18.2 Å². The van der Waals surface area contributed by atoms with E-state index in [2.05, 4.69) is 0 Å². The molecule has 1 aromatic rings. The highest BCUT2D eigenvalue weighted by Crippen LogP contribution is 2.09. The fourth-order valence-electron chi connectivity index (χ4n) is 0.785. The quantitative estimate of drug-likeness (QED) is 0.602. The van der Waals surface area contributed by atoms with Crippen LogP contribution >= 0.6 is 0 Å². The minimum Gasteiger partial charge on any atom is -0.305 e. The van der Waals surface area contributed by atoms with Crippen molar-refractivity contribution in [3.63, 3.8) is 0 Å². The van der Waals surface area contributed by atoms with Crippen LogP contribution in [0.25, 0.3) is 0 Å². The molecule has 0 amide bonds. The average Bonchev–Trinajstić information content (AvgIpc) is 1.94. The van der Waals surface area contributed by atoms with Crippen molar-refractivity contribution < 1.29 is 8.78 Å². The molecule has 0 aliphatic rings. The van der Waals surface area contributed by atoms with E-state index in [4.69, 9.17) is 5.41 Å². The molecular formula is C8H7F2N. The molecule has 0 saturated carbocycles. The molecular weight excluding hydrogens is 148 g/mol. The summed E-state index contributed by atoms with van der Waals surface area (Å²) in [7, 11) is 0. The fourth-order valence-corrected chi connectivity index (χ4v) is 0.785. The third-order valence-electron chi connectivity index (χ3n) is 1.33. The van der Waals surface area contributed by atoms with Crippen LogP contribution in [0.5, 0.6) is 0 Å². The number of hydrogen-bond acceptors (Lipinski definition) is 1. The van der Waals surface area contributed by atoms with Gasteiger partial charge in [-0.25, -0.2) is 8.78 Å². The first-order valence-corrected chi connectivity index (χ1v) is 3.12. The topological polar surface area (TPSA) is 23.9 Å². The Morgan fingerprint density at radius 2 is 2.00 bits per heavy atom. The van der Waals surface area contributed by atoms with Gasteiger partial charge in [-0.2, -0.15) is 0 Å². The maximum atomic E-state index is 12.7. The summed E-state index contributed by atoms with van der Waals surface area (Å²) in [5.41, 5.74) is 0.0481. The Morgan fingerprint density at radius 3 is 2.45 bits per heavy atom. The van der Waals surface area contributed by atoms with Crippen LogP contribution < -0.4 is 0 Å². The van der Waals surface area contributed by atoms with Crippen LogP contribution in [0, 0.1) is 17.0 Å². The highest BCUT2D eigenvalue weighted by atomic mass is 19.1. The Morgan fingerprint density at radius 1 is 1.36 bits per heavy atom. The molecule has 0 unspecified atom stereocenters. The Hall–Kier alpha value is -1.25. The minimum absolute atomic E-state index is 0.0185. The first-order chi connectivity index (χ1) is 5.11. The van der Waals surface area contributed by atoms with Crippen LogP contribution in [0.15, 0.2) is 18.2 Å². The molecule has 0 saturated heterocycles. The highest BCUT2D eigenvalue weighted by molar-refractivity contribution is 5.96. The van der Waals surface area contributed by atoms with Crippen molar-refractivity contribution in [2.45, 2.75) is 6.92 Å². The van der Waals surface area contributed by atoms with Crippen LogP contribution in [0.2, 0.25) is 0 Å². The van der Waals surface area contributed by atoms with E-state index in [0.29, 0.717) is 0 Å². The maximum absolute atomic E-state index is 12.7. The van der Waals surface area contributed by atoms with Crippen molar-refractivity contribution in [3.05, 3.63) is 35.4 Å². The molecule has 0 heterocycles. The summed E-state index contributed by atoms with van der Waals surface area (Å²) in [5.74, 6) is -1.08. The van der Waals surface area contributed by atoms with Gasteiger partial charge in [0.15, 0.2) is 0 Å². The monoisotopic (exact) mass is 155 g/mol. The van der Waals surface area contributed by atoms with Crippen molar-refractivity contribution >= 4 is 5.71 Å². The molecule has 1 N–H and O–H groups in total. The van der Waals surface area contributed by atoms with Crippen molar-refractivity contribution in [3.8, 4) is 0 Å². The van der Waals surface area contributed by atoms with E-state index >= 15 is 0 Å². The summed E-state index contributed by atoms with van der Waals surface area (Å²) in [6, 6.07) is 3.06. The van der Waals surface area contributed by atoms with Crippen LogP contribution in [-0.4, -0.2) is 5.71 Å².